The lowest BCUT2D eigenvalue weighted by molar-refractivity contribution is -0.138. The average Bonchev–Trinajstić information content (AvgIpc) is 2.39. The zero-order valence-electron chi connectivity index (χ0n) is 10.9. The summed E-state index contributed by atoms with van der Waals surface area (Å²) in [6.07, 6.45) is 2.27. The molecule has 0 aromatic heterocycles. The molecule has 1 fully saturated rings. The molecule has 1 unspecified atom stereocenters. The maximum absolute atomic E-state index is 10.8. The zero-order chi connectivity index (χ0) is 13.7. The van der Waals surface area contributed by atoms with Gasteiger partial charge in [0.05, 0.1) is 11.6 Å². The van der Waals surface area contributed by atoms with Crippen LogP contribution in [0.5, 0.6) is 0 Å². The highest BCUT2D eigenvalue weighted by Crippen LogP contribution is 2.22. The number of carbonyl (C=O) groups is 1. The molecule has 0 radical (unpaired) electrons. The van der Waals surface area contributed by atoms with E-state index >= 15 is 0 Å². The first-order valence-corrected chi connectivity index (χ1v) is 6.61. The van der Waals surface area contributed by atoms with Crippen LogP contribution in [0.3, 0.4) is 0 Å². The summed E-state index contributed by atoms with van der Waals surface area (Å²) in [5.74, 6) is -0.482. The molecule has 1 aromatic carbocycles. The Balaban J connectivity index is 1.99. The Labute approximate surface area is 113 Å². The minimum absolute atomic E-state index is 0.237. The molecule has 0 bridgehead atoms. The number of hydrogen-bond acceptors (Lipinski definition) is 3. The molecule has 1 heterocycles. The Bertz CT molecular complexity index is 493. The Hall–Kier alpha value is -1.86. The van der Waals surface area contributed by atoms with E-state index in [0.29, 0.717) is 5.56 Å². The van der Waals surface area contributed by atoms with Crippen molar-refractivity contribution in [3.05, 3.63) is 35.4 Å². The molecule has 4 heteroatoms. The van der Waals surface area contributed by atoms with E-state index in [1.807, 2.05) is 24.3 Å². The van der Waals surface area contributed by atoms with Crippen LogP contribution in [0.15, 0.2) is 24.3 Å². The molecule has 1 saturated heterocycles. The predicted molar refractivity (Wildman–Crippen MR) is 71.4 cm³/mol. The number of nitrogens with zero attached hydrogens (tertiary/aromatic N) is 2. The van der Waals surface area contributed by atoms with Gasteiger partial charge in [-0.2, -0.15) is 5.26 Å². The Morgan fingerprint density at radius 1 is 1.47 bits per heavy atom. The quantitative estimate of drug-likeness (QED) is 0.899. The minimum atomic E-state index is -0.718. The lowest BCUT2D eigenvalue weighted by atomic mass is 9.94. The molecule has 0 aliphatic carbocycles. The number of piperidine rings is 1. The number of likely N-dealkylation sites (tertiary alicyclic amines) is 1. The van der Waals surface area contributed by atoms with Crippen molar-refractivity contribution in [2.24, 2.45) is 5.92 Å². The van der Waals surface area contributed by atoms with Crippen molar-refractivity contribution in [3.63, 3.8) is 0 Å². The van der Waals surface area contributed by atoms with Gasteiger partial charge in [-0.05, 0) is 36.9 Å². The molecule has 4 nitrogen and oxygen atoms in total. The number of nitriles is 1. The van der Waals surface area contributed by atoms with Gasteiger partial charge < -0.3 is 5.11 Å². The number of carboxylic acids is 1. The van der Waals surface area contributed by atoms with Crippen molar-refractivity contribution < 1.29 is 9.90 Å². The third kappa shape index (κ3) is 3.80. The molecule has 2 rings (SSSR count). The fourth-order valence-electron chi connectivity index (χ4n) is 2.72. The summed E-state index contributed by atoms with van der Waals surface area (Å²) in [7, 11) is 0. The van der Waals surface area contributed by atoms with Gasteiger partial charge in [-0.15, -0.1) is 0 Å². The first kappa shape index (κ1) is 13.6. The molecular formula is C15H18N2O2. The Kier molecular flexibility index (Phi) is 4.53. The van der Waals surface area contributed by atoms with E-state index in [0.717, 1.165) is 38.0 Å². The number of hydrogen-bond donors (Lipinski definition) is 1. The van der Waals surface area contributed by atoms with Gasteiger partial charge in [0.25, 0.3) is 0 Å². The maximum atomic E-state index is 10.8. The van der Waals surface area contributed by atoms with Gasteiger partial charge in [0, 0.05) is 19.5 Å². The minimum Gasteiger partial charge on any atom is -0.481 e. The molecular weight excluding hydrogens is 240 g/mol. The van der Waals surface area contributed by atoms with E-state index in [2.05, 4.69) is 11.0 Å². The van der Waals surface area contributed by atoms with Crippen LogP contribution in [0.1, 0.15) is 30.4 Å². The standard InChI is InChI=1S/C15H18N2O2/c16-9-13-5-1-2-6-14(13)11-17-7-3-4-12(10-17)8-15(18)19/h1-2,5-6,12H,3-4,7-8,10-11H2,(H,18,19). The summed E-state index contributed by atoms with van der Waals surface area (Å²) in [4.78, 5) is 13.0. The van der Waals surface area contributed by atoms with Crippen molar-refractivity contribution in [1.82, 2.24) is 4.90 Å². The van der Waals surface area contributed by atoms with Gasteiger partial charge in [0.15, 0.2) is 0 Å². The van der Waals surface area contributed by atoms with Gasteiger partial charge in [0.2, 0.25) is 0 Å². The molecule has 1 atom stereocenters. The average molecular weight is 258 g/mol. The van der Waals surface area contributed by atoms with Crippen molar-refractivity contribution in [2.75, 3.05) is 13.1 Å². The van der Waals surface area contributed by atoms with Crippen LogP contribution >= 0.6 is 0 Å². The summed E-state index contributed by atoms with van der Waals surface area (Å²) in [6, 6.07) is 9.81. The second kappa shape index (κ2) is 6.35. The van der Waals surface area contributed by atoms with Crippen LogP contribution in [0, 0.1) is 17.2 Å². The number of carboxylic acid groups (broad SMARTS) is 1. The maximum Gasteiger partial charge on any atom is 0.303 e. The van der Waals surface area contributed by atoms with E-state index < -0.39 is 5.97 Å². The molecule has 1 aromatic rings. The second-order valence-electron chi connectivity index (χ2n) is 5.11. The molecule has 1 N–H and O–H groups in total. The second-order valence-corrected chi connectivity index (χ2v) is 5.11. The fourth-order valence-corrected chi connectivity index (χ4v) is 2.72. The molecule has 0 amide bonds. The first-order valence-electron chi connectivity index (χ1n) is 6.61. The van der Waals surface area contributed by atoms with Crippen molar-refractivity contribution in [2.45, 2.75) is 25.8 Å². The van der Waals surface area contributed by atoms with E-state index in [1.54, 1.807) is 0 Å². The van der Waals surface area contributed by atoms with Crippen LogP contribution in [-0.4, -0.2) is 29.1 Å². The van der Waals surface area contributed by atoms with E-state index in [-0.39, 0.29) is 12.3 Å². The smallest absolute Gasteiger partial charge is 0.303 e. The van der Waals surface area contributed by atoms with Gasteiger partial charge in [-0.25, -0.2) is 0 Å². The Morgan fingerprint density at radius 3 is 3.00 bits per heavy atom. The lowest BCUT2D eigenvalue weighted by Gasteiger charge is -2.32. The van der Waals surface area contributed by atoms with E-state index in [4.69, 9.17) is 10.4 Å². The lowest BCUT2D eigenvalue weighted by Crippen LogP contribution is -2.35. The van der Waals surface area contributed by atoms with Crippen molar-refractivity contribution in [1.29, 1.82) is 5.26 Å². The van der Waals surface area contributed by atoms with Crippen LogP contribution in [0.2, 0.25) is 0 Å². The van der Waals surface area contributed by atoms with Crippen LogP contribution < -0.4 is 0 Å². The summed E-state index contributed by atoms with van der Waals surface area (Å²) in [6.45, 7) is 2.53. The largest absolute Gasteiger partial charge is 0.481 e. The zero-order valence-corrected chi connectivity index (χ0v) is 10.9. The molecule has 1 aliphatic heterocycles. The van der Waals surface area contributed by atoms with Crippen LogP contribution in [0.4, 0.5) is 0 Å². The van der Waals surface area contributed by atoms with Gasteiger partial charge in [-0.3, -0.25) is 9.69 Å². The molecule has 1 aliphatic rings. The van der Waals surface area contributed by atoms with E-state index in [9.17, 15) is 4.79 Å². The summed E-state index contributed by atoms with van der Waals surface area (Å²) in [5, 5.41) is 17.9. The Morgan fingerprint density at radius 2 is 2.26 bits per heavy atom. The normalized spacial score (nSPS) is 19.8. The summed E-state index contributed by atoms with van der Waals surface area (Å²) in [5.41, 5.74) is 1.74. The van der Waals surface area contributed by atoms with Gasteiger partial charge in [-0.1, -0.05) is 18.2 Å². The first-order chi connectivity index (χ1) is 9.19. The topological polar surface area (TPSA) is 64.3 Å². The molecule has 100 valence electrons. The third-order valence-electron chi connectivity index (χ3n) is 3.60. The van der Waals surface area contributed by atoms with Crippen molar-refractivity contribution in [3.8, 4) is 6.07 Å². The highest BCUT2D eigenvalue weighted by Gasteiger charge is 2.22. The number of benzene rings is 1. The van der Waals surface area contributed by atoms with Gasteiger partial charge in [0.1, 0.15) is 0 Å². The van der Waals surface area contributed by atoms with Crippen molar-refractivity contribution >= 4 is 5.97 Å². The molecule has 0 spiro atoms. The SMILES string of the molecule is N#Cc1ccccc1CN1CCCC(CC(=O)O)C1. The highest BCUT2D eigenvalue weighted by atomic mass is 16.4. The molecule has 0 saturated carbocycles. The summed E-state index contributed by atoms with van der Waals surface area (Å²) >= 11 is 0. The highest BCUT2D eigenvalue weighted by molar-refractivity contribution is 5.67. The third-order valence-corrected chi connectivity index (χ3v) is 3.60. The van der Waals surface area contributed by atoms with Gasteiger partial charge >= 0.3 is 5.97 Å². The fraction of sp³-hybridized carbons (Fsp3) is 0.467. The van der Waals surface area contributed by atoms with Crippen LogP contribution in [-0.2, 0) is 11.3 Å². The predicted octanol–water partition coefficient (Wildman–Crippen LogP) is 2.24. The van der Waals surface area contributed by atoms with E-state index in [1.165, 1.54) is 0 Å². The monoisotopic (exact) mass is 258 g/mol. The number of rotatable bonds is 4. The molecule has 19 heavy (non-hydrogen) atoms. The number of aliphatic carboxylic acids is 1. The van der Waals surface area contributed by atoms with Crippen LogP contribution in [0.25, 0.3) is 0 Å². The summed E-state index contributed by atoms with van der Waals surface area (Å²) < 4.78 is 0.